The molecule has 1 N–H and O–H groups in total. The molecule has 0 aliphatic carbocycles. The molecule has 0 spiro atoms. The van der Waals surface area contributed by atoms with Gasteiger partial charge in [0.2, 0.25) is 0 Å². The van der Waals surface area contributed by atoms with Crippen molar-refractivity contribution in [2.75, 3.05) is 13.1 Å². The topological polar surface area (TPSA) is 12.0 Å². The Morgan fingerprint density at radius 2 is 1.62 bits per heavy atom. The first kappa shape index (κ1) is 18.2. The van der Waals surface area contributed by atoms with Crippen molar-refractivity contribution in [2.45, 2.75) is 72.6 Å². The van der Waals surface area contributed by atoms with E-state index < -0.39 is 0 Å². The standard InChI is InChI=1S/C20H35N/c1-15(2)14-21-12-8-7-9-18-10-11-19(16(3)4)13-20(18)17(5)6/h10-11,13,15-17,21H,7-9,12,14H2,1-6H3. The lowest BCUT2D eigenvalue weighted by Crippen LogP contribution is -2.20. The number of aryl methyl sites for hydroxylation is 1. The summed E-state index contributed by atoms with van der Waals surface area (Å²) in [6.45, 7) is 16.0. The number of unbranched alkanes of at least 4 members (excludes halogenated alkanes) is 1. The van der Waals surface area contributed by atoms with Crippen molar-refractivity contribution in [3.63, 3.8) is 0 Å². The van der Waals surface area contributed by atoms with Crippen LogP contribution in [-0.2, 0) is 6.42 Å². The summed E-state index contributed by atoms with van der Waals surface area (Å²) < 4.78 is 0. The molecular formula is C20H35N. The lowest BCUT2D eigenvalue weighted by atomic mass is 9.89. The van der Waals surface area contributed by atoms with Gasteiger partial charge >= 0.3 is 0 Å². The summed E-state index contributed by atoms with van der Waals surface area (Å²) in [4.78, 5) is 0. The van der Waals surface area contributed by atoms with Gasteiger partial charge in [0, 0.05) is 0 Å². The van der Waals surface area contributed by atoms with E-state index in [4.69, 9.17) is 0 Å². The monoisotopic (exact) mass is 289 g/mol. The molecule has 0 saturated carbocycles. The van der Waals surface area contributed by atoms with Crippen molar-refractivity contribution in [1.82, 2.24) is 5.32 Å². The molecule has 0 amide bonds. The summed E-state index contributed by atoms with van der Waals surface area (Å²) in [6, 6.07) is 7.12. The maximum Gasteiger partial charge on any atom is -0.00258 e. The maximum atomic E-state index is 3.53. The molecule has 21 heavy (non-hydrogen) atoms. The van der Waals surface area contributed by atoms with E-state index in [-0.39, 0.29) is 0 Å². The Bertz CT molecular complexity index is 404. The van der Waals surface area contributed by atoms with Crippen LogP contribution >= 0.6 is 0 Å². The molecule has 120 valence electrons. The van der Waals surface area contributed by atoms with Gasteiger partial charge in [-0.25, -0.2) is 0 Å². The van der Waals surface area contributed by atoms with E-state index in [9.17, 15) is 0 Å². The highest BCUT2D eigenvalue weighted by Gasteiger charge is 2.09. The van der Waals surface area contributed by atoms with E-state index in [1.807, 2.05) is 0 Å². The first-order chi connectivity index (χ1) is 9.91. The van der Waals surface area contributed by atoms with E-state index in [0.29, 0.717) is 11.8 Å². The van der Waals surface area contributed by atoms with E-state index in [0.717, 1.165) is 19.0 Å². The molecule has 1 nitrogen and oxygen atoms in total. The molecule has 1 heteroatoms. The van der Waals surface area contributed by atoms with Crippen LogP contribution < -0.4 is 5.32 Å². The van der Waals surface area contributed by atoms with E-state index >= 15 is 0 Å². The molecule has 0 unspecified atom stereocenters. The van der Waals surface area contributed by atoms with Crippen LogP contribution in [0.25, 0.3) is 0 Å². The molecule has 1 aromatic rings. The minimum Gasteiger partial charge on any atom is -0.316 e. The highest BCUT2D eigenvalue weighted by atomic mass is 14.8. The fraction of sp³-hybridized carbons (Fsp3) is 0.700. The summed E-state index contributed by atoms with van der Waals surface area (Å²) in [6.07, 6.45) is 3.78. The SMILES string of the molecule is CC(C)CNCCCCc1ccc(C(C)C)cc1C(C)C. The van der Waals surface area contributed by atoms with E-state index in [1.165, 1.54) is 24.8 Å². The Kier molecular flexibility index (Phi) is 8.03. The Labute approximate surface area is 132 Å². The van der Waals surface area contributed by atoms with E-state index in [1.54, 1.807) is 11.1 Å². The van der Waals surface area contributed by atoms with Crippen LogP contribution in [-0.4, -0.2) is 13.1 Å². The van der Waals surface area contributed by atoms with Gasteiger partial charge in [0.05, 0.1) is 0 Å². The van der Waals surface area contributed by atoms with Crippen molar-refractivity contribution in [3.05, 3.63) is 34.9 Å². The summed E-state index contributed by atoms with van der Waals surface area (Å²) in [7, 11) is 0. The van der Waals surface area contributed by atoms with Gasteiger partial charge < -0.3 is 5.32 Å². The highest BCUT2D eigenvalue weighted by Crippen LogP contribution is 2.26. The van der Waals surface area contributed by atoms with Crippen molar-refractivity contribution < 1.29 is 0 Å². The van der Waals surface area contributed by atoms with Gasteiger partial charge in [-0.3, -0.25) is 0 Å². The van der Waals surface area contributed by atoms with Gasteiger partial charge in [-0.2, -0.15) is 0 Å². The summed E-state index contributed by atoms with van der Waals surface area (Å²) in [5.74, 6) is 2.00. The number of benzene rings is 1. The number of rotatable bonds is 9. The van der Waals surface area contributed by atoms with Crippen LogP contribution in [0.3, 0.4) is 0 Å². The molecule has 0 radical (unpaired) electrons. The lowest BCUT2D eigenvalue weighted by Gasteiger charge is -2.16. The molecule has 0 heterocycles. The second-order valence-electron chi connectivity index (χ2n) is 7.32. The molecule has 0 aromatic heterocycles. The predicted molar refractivity (Wildman–Crippen MR) is 95.3 cm³/mol. The van der Waals surface area contributed by atoms with Gasteiger partial charge in [-0.1, -0.05) is 59.7 Å². The summed E-state index contributed by atoms with van der Waals surface area (Å²) in [5.41, 5.74) is 4.58. The lowest BCUT2D eigenvalue weighted by molar-refractivity contribution is 0.535. The molecule has 0 aliphatic heterocycles. The molecule has 0 bridgehead atoms. The van der Waals surface area contributed by atoms with Crippen molar-refractivity contribution in [2.24, 2.45) is 5.92 Å². The minimum atomic E-state index is 0.622. The third-order valence-corrected chi connectivity index (χ3v) is 4.06. The third kappa shape index (κ3) is 6.65. The van der Waals surface area contributed by atoms with Crippen LogP contribution in [0.5, 0.6) is 0 Å². The summed E-state index contributed by atoms with van der Waals surface area (Å²) >= 11 is 0. The Morgan fingerprint density at radius 1 is 0.905 bits per heavy atom. The fourth-order valence-corrected chi connectivity index (χ4v) is 2.69. The molecular weight excluding hydrogens is 254 g/mol. The second kappa shape index (κ2) is 9.25. The zero-order valence-corrected chi connectivity index (χ0v) is 15.0. The second-order valence-corrected chi connectivity index (χ2v) is 7.32. The van der Waals surface area contributed by atoms with Crippen LogP contribution in [0.15, 0.2) is 18.2 Å². The van der Waals surface area contributed by atoms with Crippen LogP contribution in [0.4, 0.5) is 0 Å². The third-order valence-electron chi connectivity index (χ3n) is 4.06. The predicted octanol–water partition coefficient (Wildman–Crippen LogP) is 5.50. The van der Waals surface area contributed by atoms with Gasteiger partial charge in [0.15, 0.2) is 0 Å². The minimum absolute atomic E-state index is 0.622. The number of hydrogen-bond acceptors (Lipinski definition) is 1. The van der Waals surface area contributed by atoms with Gasteiger partial charge in [-0.05, 0) is 66.8 Å². The average molecular weight is 290 g/mol. The van der Waals surface area contributed by atoms with Crippen LogP contribution in [0.1, 0.15) is 82.9 Å². The van der Waals surface area contributed by atoms with Crippen LogP contribution in [0, 0.1) is 5.92 Å². The largest absolute Gasteiger partial charge is 0.316 e. The fourth-order valence-electron chi connectivity index (χ4n) is 2.69. The number of nitrogens with one attached hydrogen (secondary N) is 1. The molecule has 0 fully saturated rings. The molecule has 1 aromatic carbocycles. The molecule has 0 atom stereocenters. The molecule has 1 rings (SSSR count). The molecule has 0 saturated heterocycles. The Balaban J connectivity index is 2.50. The van der Waals surface area contributed by atoms with Crippen molar-refractivity contribution in [1.29, 1.82) is 0 Å². The highest BCUT2D eigenvalue weighted by molar-refractivity contribution is 5.35. The quantitative estimate of drug-likeness (QED) is 0.592. The van der Waals surface area contributed by atoms with Crippen LogP contribution in [0.2, 0.25) is 0 Å². The Hall–Kier alpha value is -0.820. The summed E-state index contributed by atoms with van der Waals surface area (Å²) in [5, 5.41) is 3.53. The van der Waals surface area contributed by atoms with E-state index in [2.05, 4.69) is 65.1 Å². The maximum absolute atomic E-state index is 3.53. The average Bonchev–Trinajstić information content (AvgIpc) is 2.42. The zero-order valence-electron chi connectivity index (χ0n) is 15.0. The Morgan fingerprint density at radius 3 is 2.19 bits per heavy atom. The first-order valence-electron chi connectivity index (χ1n) is 8.75. The zero-order chi connectivity index (χ0) is 15.8. The van der Waals surface area contributed by atoms with Gasteiger partial charge in [0.25, 0.3) is 0 Å². The normalized spacial score (nSPS) is 11.9. The van der Waals surface area contributed by atoms with Gasteiger partial charge in [0.1, 0.15) is 0 Å². The van der Waals surface area contributed by atoms with Crippen molar-refractivity contribution >= 4 is 0 Å². The molecule has 0 aliphatic rings. The first-order valence-corrected chi connectivity index (χ1v) is 8.75. The smallest absolute Gasteiger partial charge is 0.00258 e. The van der Waals surface area contributed by atoms with Gasteiger partial charge in [-0.15, -0.1) is 0 Å². The van der Waals surface area contributed by atoms with Crippen molar-refractivity contribution in [3.8, 4) is 0 Å². The number of hydrogen-bond donors (Lipinski definition) is 1.